The average Bonchev–Trinajstić information content (AvgIpc) is 2.68. The maximum absolute atomic E-state index is 11.9. The van der Waals surface area contributed by atoms with E-state index in [-0.39, 0.29) is 11.8 Å². The minimum atomic E-state index is -0.846. The lowest BCUT2D eigenvalue weighted by Gasteiger charge is -2.19. The molecule has 0 spiro atoms. The van der Waals surface area contributed by atoms with Crippen molar-refractivity contribution in [2.24, 2.45) is 5.92 Å². The maximum Gasteiger partial charge on any atom is 0.223 e. The number of amides is 1. The van der Waals surface area contributed by atoms with Crippen molar-refractivity contribution in [3.8, 4) is 0 Å². The van der Waals surface area contributed by atoms with E-state index >= 15 is 0 Å². The molecular weight excluding hydrogens is 214 g/mol. The molecule has 0 saturated carbocycles. The second-order valence-electron chi connectivity index (χ2n) is 5.40. The van der Waals surface area contributed by atoms with Crippen LogP contribution in [0.1, 0.15) is 25.0 Å². The normalized spacial score (nSPS) is 15.7. The molecule has 0 heterocycles. The van der Waals surface area contributed by atoms with Crippen LogP contribution < -0.4 is 5.32 Å². The zero-order valence-electron chi connectivity index (χ0n) is 10.4. The highest BCUT2D eigenvalue weighted by Gasteiger charge is 2.27. The van der Waals surface area contributed by atoms with E-state index in [0.717, 1.165) is 12.8 Å². The molecule has 1 aromatic rings. The maximum atomic E-state index is 11.9. The first-order valence-electron chi connectivity index (χ1n) is 6.02. The minimum Gasteiger partial charge on any atom is -0.389 e. The molecule has 0 saturated heterocycles. The molecule has 17 heavy (non-hydrogen) atoms. The van der Waals surface area contributed by atoms with E-state index in [1.807, 2.05) is 12.1 Å². The van der Waals surface area contributed by atoms with Gasteiger partial charge < -0.3 is 10.4 Å². The highest BCUT2D eigenvalue weighted by Crippen LogP contribution is 2.26. The molecule has 1 aromatic carbocycles. The Hall–Kier alpha value is -1.35. The third kappa shape index (κ3) is 3.07. The van der Waals surface area contributed by atoms with Gasteiger partial charge in [0, 0.05) is 12.5 Å². The summed E-state index contributed by atoms with van der Waals surface area (Å²) in [4.78, 5) is 11.9. The predicted octanol–water partition coefficient (Wildman–Crippen LogP) is 1.29. The summed E-state index contributed by atoms with van der Waals surface area (Å²) in [6, 6.07) is 8.18. The van der Waals surface area contributed by atoms with Crippen molar-refractivity contribution in [2.75, 3.05) is 6.54 Å². The fraction of sp³-hybridized carbons (Fsp3) is 0.500. The van der Waals surface area contributed by atoms with Gasteiger partial charge in [-0.05, 0) is 37.8 Å². The fourth-order valence-electron chi connectivity index (χ4n) is 2.19. The van der Waals surface area contributed by atoms with Gasteiger partial charge in [0.25, 0.3) is 0 Å². The van der Waals surface area contributed by atoms with Crippen molar-refractivity contribution in [3.63, 3.8) is 0 Å². The molecule has 2 rings (SSSR count). The largest absolute Gasteiger partial charge is 0.389 e. The van der Waals surface area contributed by atoms with Crippen molar-refractivity contribution < 1.29 is 9.90 Å². The van der Waals surface area contributed by atoms with Gasteiger partial charge in [-0.1, -0.05) is 24.3 Å². The Bertz CT molecular complexity index is 395. The van der Waals surface area contributed by atoms with Gasteiger partial charge in [0.05, 0.1) is 5.60 Å². The number of fused-ring (bicyclic) bond motifs is 1. The topological polar surface area (TPSA) is 49.3 Å². The summed E-state index contributed by atoms with van der Waals surface area (Å²) in [6.45, 7) is 3.69. The number of rotatable bonds is 3. The summed E-state index contributed by atoms with van der Waals surface area (Å²) in [7, 11) is 0. The summed E-state index contributed by atoms with van der Waals surface area (Å²) < 4.78 is 0. The first-order chi connectivity index (χ1) is 7.96. The van der Waals surface area contributed by atoms with Gasteiger partial charge in [-0.25, -0.2) is 0 Å². The van der Waals surface area contributed by atoms with E-state index in [2.05, 4.69) is 17.4 Å². The lowest BCUT2D eigenvalue weighted by molar-refractivity contribution is -0.125. The Morgan fingerprint density at radius 1 is 1.35 bits per heavy atom. The summed E-state index contributed by atoms with van der Waals surface area (Å²) in [5.74, 6) is 0.0677. The number of hydrogen-bond acceptors (Lipinski definition) is 2. The first kappa shape index (κ1) is 12.1. The number of aliphatic hydroxyl groups is 1. The number of benzene rings is 1. The van der Waals surface area contributed by atoms with E-state index in [1.165, 1.54) is 11.1 Å². The third-order valence-corrected chi connectivity index (χ3v) is 3.12. The fourth-order valence-corrected chi connectivity index (χ4v) is 2.19. The van der Waals surface area contributed by atoms with E-state index < -0.39 is 5.60 Å². The molecular formula is C14H19NO2. The van der Waals surface area contributed by atoms with E-state index in [4.69, 9.17) is 0 Å². The van der Waals surface area contributed by atoms with Gasteiger partial charge in [0.2, 0.25) is 5.91 Å². The van der Waals surface area contributed by atoms with Crippen LogP contribution in [0.3, 0.4) is 0 Å². The quantitative estimate of drug-likeness (QED) is 0.826. The van der Waals surface area contributed by atoms with Gasteiger partial charge in [-0.3, -0.25) is 4.79 Å². The van der Waals surface area contributed by atoms with Crippen LogP contribution in [0.25, 0.3) is 0 Å². The summed E-state index contributed by atoms with van der Waals surface area (Å²) in [6.07, 6.45) is 1.63. The van der Waals surface area contributed by atoms with Crippen LogP contribution in [-0.2, 0) is 17.6 Å². The zero-order valence-corrected chi connectivity index (χ0v) is 10.4. The lowest BCUT2D eigenvalue weighted by Crippen LogP contribution is -2.41. The molecule has 1 amide bonds. The van der Waals surface area contributed by atoms with Crippen molar-refractivity contribution in [3.05, 3.63) is 35.4 Å². The summed E-state index contributed by atoms with van der Waals surface area (Å²) in [5, 5.41) is 12.4. The Kier molecular flexibility index (Phi) is 3.20. The monoisotopic (exact) mass is 233 g/mol. The average molecular weight is 233 g/mol. The number of carbonyl (C=O) groups is 1. The molecule has 2 N–H and O–H groups in total. The van der Waals surface area contributed by atoms with Gasteiger partial charge >= 0.3 is 0 Å². The van der Waals surface area contributed by atoms with Crippen LogP contribution in [0.5, 0.6) is 0 Å². The summed E-state index contributed by atoms with van der Waals surface area (Å²) >= 11 is 0. The van der Waals surface area contributed by atoms with Crippen LogP contribution in [-0.4, -0.2) is 23.2 Å². The number of nitrogens with one attached hydrogen (secondary N) is 1. The molecule has 0 fully saturated rings. The lowest BCUT2D eigenvalue weighted by atomic mass is 10.0. The van der Waals surface area contributed by atoms with Crippen molar-refractivity contribution in [1.82, 2.24) is 5.32 Å². The molecule has 0 aliphatic heterocycles. The van der Waals surface area contributed by atoms with E-state index in [1.54, 1.807) is 13.8 Å². The van der Waals surface area contributed by atoms with Gasteiger partial charge in [-0.15, -0.1) is 0 Å². The van der Waals surface area contributed by atoms with Crippen LogP contribution >= 0.6 is 0 Å². The molecule has 1 aliphatic carbocycles. The SMILES string of the molecule is CC(C)(O)CNC(=O)C1Cc2ccccc2C1. The molecule has 3 nitrogen and oxygen atoms in total. The molecule has 92 valence electrons. The van der Waals surface area contributed by atoms with Crippen LogP contribution in [0.2, 0.25) is 0 Å². The van der Waals surface area contributed by atoms with Crippen LogP contribution in [0.4, 0.5) is 0 Å². The Morgan fingerprint density at radius 2 is 1.88 bits per heavy atom. The predicted molar refractivity (Wildman–Crippen MR) is 66.6 cm³/mol. The van der Waals surface area contributed by atoms with Gasteiger partial charge in [-0.2, -0.15) is 0 Å². The van der Waals surface area contributed by atoms with Gasteiger partial charge in [0.1, 0.15) is 0 Å². The first-order valence-corrected chi connectivity index (χ1v) is 6.02. The number of carbonyl (C=O) groups excluding carboxylic acids is 1. The second-order valence-corrected chi connectivity index (χ2v) is 5.40. The summed E-state index contributed by atoms with van der Waals surface area (Å²) in [5.41, 5.74) is 1.70. The third-order valence-electron chi connectivity index (χ3n) is 3.12. The smallest absolute Gasteiger partial charge is 0.223 e. The van der Waals surface area contributed by atoms with Crippen LogP contribution in [0, 0.1) is 5.92 Å². The highest BCUT2D eigenvalue weighted by atomic mass is 16.3. The van der Waals surface area contributed by atoms with Gasteiger partial charge in [0.15, 0.2) is 0 Å². The van der Waals surface area contributed by atoms with Crippen LogP contribution in [0.15, 0.2) is 24.3 Å². The minimum absolute atomic E-state index is 0.0229. The second kappa shape index (κ2) is 4.49. The molecule has 1 aliphatic rings. The molecule has 3 heteroatoms. The number of hydrogen-bond donors (Lipinski definition) is 2. The Morgan fingerprint density at radius 3 is 2.35 bits per heavy atom. The Labute approximate surface area is 102 Å². The standard InChI is InChI=1S/C14H19NO2/c1-14(2,17)9-15-13(16)12-7-10-5-3-4-6-11(10)8-12/h3-6,12,17H,7-9H2,1-2H3,(H,15,16). The molecule has 0 radical (unpaired) electrons. The molecule has 0 unspecified atom stereocenters. The van der Waals surface area contributed by atoms with E-state index in [0.29, 0.717) is 6.54 Å². The van der Waals surface area contributed by atoms with E-state index in [9.17, 15) is 9.90 Å². The van der Waals surface area contributed by atoms with Crippen molar-refractivity contribution >= 4 is 5.91 Å². The molecule has 0 bridgehead atoms. The van der Waals surface area contributed by atoms with Crippen molar-refractivity contribution in [2.45, 2.75) is 32.3 Å². The van der Waals surface area contributed by atoms with Crippen molar-refractivity contribution in [1.29, 1.82) is 0 Å². The Balaban J connectivity index is 1.92. The highest BCUT2D eigenvalue weighted by molar-refractivity contribution is 5.80. The zero-order chi connectivity index (χ0) is 12.5. The molecule has 0 atom stereocenters. The molecule has 0 aromatic heterocycles.